The van der Waals surface area contributed by atoms with Crippen molar-refractivity contribution in [3.8, 4) is 11.5 Å². The van der Waals surface area contributed by atoms with Gasteiger partial charge >= 0.3 is 0 Å². The molecule has 0 fully saturated rings. The first-order valence-corrected chi connectivity index (χ1v) is 5.63. The molecule has 2 nitrogen and oxygen atoms in total. The predicted molar refractivity (Wildman–Crippen MR) is 68.5 cm³/mol. The molecule has 0 unspecified atom stereocenters. The van der Waals surface area contributed by atoms with Gasteiger partial charge in [0.2, 0.25) is 6.79 Å². The Kier molecular flexibility index (Phi) is 3.66. The van der Waals surface area contributed by atoms with Crippen molar-refractivity contribution in [3.63, 3.8) is 0 Å². The number of rotatable bonds is 4. The first-order valence-electron chi connectivity index (χ1n) is 5.63. The van der Waals surface area contributed by atoms with Crippen LogP contribution in [0.3, 0.4) is 0 Å². The third kappa shape index (κ3) is 3.25. The Morgan fingerprint density at radius 2 is 1.65 bits per heavy atom. The van der Waals surface area contributed by atoms with E-state index >= 15 is 0 Å². The predicted octanol–water partition coefficient (Wildman–Crippen LogP) is 3.72. The maximum Gasteiger partial charge on any atom is 0.230 e. The van der Waals surface area contributed by atoms with Crippen molar-refractivity contribution in [2.75, 3.05) is 6.79 Å². The van der Waals surface area contributed by atoms with Crippen molar-refractivity contribution in [1.82, 2.24) is 0 Å². The van der Waals surface area contributed by atoms with Crippen LogP contribution in [0.5, 0.6) is 11.5 Å². The van der Waals surface area contributed by atoms with Crippen LogP contribution in [0.25, 0.3) is 0 Å². The van der Waals surface area contributed by atoms with Crippen LogP contribution in [-0.2, 0) is 0 Å². The molecule has 0 amide bonds. The SMILES string of the molecule is Cc1ccc(C)c(OCOc2ccccc2)c1. The number of hydrogen-bond acceptors (Lipinski definition) is 2. The summed E-state index contributed by atoms with van der Waals surface area (Å²) in [6.45, 7) is 4.30. The molecule has 0 saturated heterocycles. The van der Waals surface area contributed by atoms with E-state index in [1.165, 1.54) is 5.56 Å². The molecule has 0 aromatic heterocycles. The van der Waals surface area contributed by atoms with Gasteiger partial charge in [-0.2, -0.15) is 0 Å². The monoisotopic (exact) mass is 228 g/mol. The normalized spacial score (nSPS) is 10.0. The minimum absolute atomic E-state index is 0.230. The second kappa shape index (κ2) is 5.39. The molecule has 2 rings (SSSR count). The van der Waals surface area contributed by atoms with Gasteiger partial charge in [0.1, 0.15) is 11.5 Å². The minimum Gasteiger partial charge on any atom is -0.458 e. The zero-order valence-corrected chi connectivity index (χ0v) is 10.1. The number of ether oxygens (including phenoxy) is 2. The first-order chi connectivity index (χ1) is 8.25. The van der Waals surface area contributed by atoms with Gasteiger partial charge in [-0.1, -0.05) is 30.3 Å². The highest BCUT2D eigenvalue weighted by molar-refractivity contribution is 5.35. The molecule has 2 heteroatoms. The van der Waals surface area contributed by atoms with E-state index in [0.29, 0.717) is 0 Å². The van der Waals surface area contributed by atoms with Crippen LogP contribution in [0.2, 0.25) is 0 Å². The largest absolute Gasteiger partial charge is 0.458 e. The highest BCUT2D eigenvalue weighted by Gasteiger charge is 1.99. The van der Waals surface area contributed by atoms with E-state index in [2.05, 4.69) is 6.07 Å². The summed E-state index contributed by atoms with van der Waals surface area (Å²) >= 11 is 0. The van der Waals surface area contributed by atoms with Crippen LogP contribution >= 0.6 is 0 Å². The van der Waals surface area contributed by atoms with E-state index in [9.17, 15) is 0 Å². The summed E-state index contributed by atoms with van der Waals surface area (Å²) in [7, 11) is 0. The Hall–Kier alpha value is -1.96. The number of aryl methyl sites for hydroxylation is 2. The molecule has 0 aliphatic heterocycles. The van der Waals surface area contributed by atoms with Gasteiger partial charge in [0.25, 0.3) is 0 Å². The lowest BCUT2D eigenvalue weighted by molar-refractivity contribution is 0.119. The molecule has 88 valence electrons. The molecule has 0 heterocycles. The lowest BCUT2D eigenvalue weighted by atomic mass is 10.1. The van der Waals surface area contributed by atoms with Crippen LogP contribution in [0.15, 0.2) is 48.5 Å². The summed E-state index contributed by atoms with van der Waals surface area (Å²) in [5, 5.41) is 0. The molecule has 0 radical (unpaired) electrons. The summed E-state index contributed by atoms with van der Waals surface area (Å²) in [6, 6.07) is 15.8. The van der Waals surface area contributed by atoms with E-state index < -0.39 is 0 Å². The van der Waals surface area contributed by atoms with Crippen molar-refractivity contribution >= 4 is 0 Å². The molecule has 0 bridgehead atoms. The summed E-state index contributed by atoms with van der Waals surface area (Å²) in [5.74, 6) is 1.69. The maximum absolute atomic E-state index is 5.60. The fourth-order valence-electron chi connectivity index (χ4n) is 1.54. The van der Waals surface area contributed by atoms with Crippen LogP contribution < -0.4 is 9.47 Å². The topological polar surface area (TPSA) is 18.5 Å². The summed E-state index contributed by atoms with van der Waals surface area (Å²) in [6.07, 6.45) is 0. The van der Waals surface area contributed by atoms with Crippen LogP contribution in [0.4, 0.5) is 0 Å². The van der Waals surface area contributed by atoms with Crippen LogP contribution in [0.1, 0.15) is 11.1 Å². The number of benzene rings is 2. The maximum atomic E-state index is 5.60. The highest BCUT2D eigenvalue weighted by Crippen LogP contribution is 2.19. The van der Waals surface area contributed by atoms with Gasteiger partial charge in [0.05, 0.1) is 0 Å². The molecule has 0 aliphatic carbocycles. The van der Waals surface area contributed by atoms with Crippen molar-refractivity contribution in [2.24, 2.45) is 0 Å². The Labute approximate surface area is 102 Å². The van der Waals surface area contributed by atoms with E-state index in [1.807, 2.05) is 56.3 Å². The standard InChI is InChI=1S/C15H16O2/c1-12-8-9-13(2)15(10-12)17-11-16-14-6-4-3-5-7-14/h3-10H,11H2,1-2H3. The summed E-state index contributed by atoms with van der Waals surface area (Å²) < 4.78 is 11.1. The third-order valence-corrected chi connectivity index (χ3v) is 2.53. The van der Waals surface area contributed by atoms with Gasteiger partial charge in [-0.15, -0.1) is 0 Å². The molecule has 17 heavy (non-hydrogen) atoms. The highest BCUT2D eigenvalue weighted by atomic mass is 16.7. The molecular weight excluding hydrogens is 212 g/mol. The van der Waals surface area contributed by atoms with Crippen molar-refractivity contribution < 1.29 is 9.47 Å². The smallest absolute Gasteiger partial charge is 0.230 e. The Morgan fingerprint density at radius 1 is 0.882 bits per heavy atom. The van der Waals surface area contributed by atoms with Gasteiger partial charge in [0, 0.05) is 0 Å². The first kappa shape index (κ1) is 11.5. The zero-order chi connectivity index (χ0) is 12.1. The lowest BCUT2D eigenvalue weighted by Gasteiger charge is -2.11. The minimum atomic E-state index is 0.230. The number of hydrogen-bond donors (Lipinski definition) is 0. The Balaban J connectivity index is 1.92. The van der Waals surface area contributed by atoms with Crippen LogP contribution in [0, 0.1) is 13.8 Å². The van der Waals surface area contributed by atoms with Gasteiger partial charge < -0.3 is 9.47 Å². The average Bonchev–Trinajstić information content (AvgIpc) is 2.35. The van der Waals surface area contributed by atoms with Gasteiger partial charge in [-0.05, 0) is 43.2 Å². The van der Waals surface area contributed by atoms with E-state index in [4.69, 9.17) is 9.47 Å². The average molecular weight is 228 g/mol. The van der Waals surface area contributed by atoms with E-state index in [1.54, 1.807) is 0 Å². The van der Waals surface area contributed by atoms with Gasteiger partial charge in [0.15, 0.2) is 0 Å². The lowest BCUT2D eigenvalue weighted by Crippen LogP contribution is -2.06. The second-order valence-corrected chi connectivity index (χ2v) is 3.99. The van der Waals surface area contributed by atoms with Crippen LogP contribution in [-0.4, -0.2) is 6.79 Å². The molecule has 0 N–H and O–H groups in total. The summed E-state index contributed by atoms with van der Waals surface area (Å²) in [5.41, 5.74) is 2.30. The quantitative estimate of drug-likeness (QED) is 0.742. The molecule has 2 aromatic carbocycles. The third-order valence-electron chi connectivity index (χ3n) is 2.53. The van der Waals surface area contributed by atoms with Crippen molar-refractivity contribution in [1.29, 1.82) is 0 Å². The van der Waals surface area contributed by atoms with E-state index in [0.717, 1.165) is 17.1 Å². The fraction of sp³-hybridized carbons (Fsp3) is 0.200. The molecular formula is C15H16O2. The molecule has 0 spiro atoms. The summed E-state index contributed by atoms with van der Waals surface area (Å²) in [4.78, 5) is 0. The Bertz CT molecular complexity index is 478. The van der Waals surface area contributed by atoms with Gasteiger partial charge in [-0.3, -0.25) is 0 Å². The van der Waals surface area contributed by atoms with Crippen molar-refractivity contribution in [3.05, 3.63) is 59.7 Å². The zero-order valence-electron chi connectivity index (χ0n) is 10.1. The van der Waals surface area contributed by atoms with E-state index in [-0.39, 0.29) is 6.79 Å². The Morgan fingerprint density at radius 3 is 2.41 bits per heavy atom. The molecule has 0 aliphatic rings. The molecule has 0 saturated carbocycles. The molecule has 0 atom stereocenters. The molecule has 2 aromatic rings. The fourth-order valence-corrected chi connectivity index (χ4v) is 1.54. The van der Waals surface area contributed by atoms with Crippen molar-refractivity contribution in [2.45, 2.75) is 13.8 Å². The second-order valence-electron chi connectivity index (χ2n) is 3.99. The van der Waals surface area contributed by atoms with Gasteiger partial charge in [-0.25, -0.2) is 0 Å². The number of para-hydroxylation sites is 1.